The first-order chi connectivity index (χ1) is 11.4. The Morgan fingerprint density at radius 1 is 1.50 bits per heavy atom. The number of pyridine rings is 1. The zero-order chi connectivity index (χ0) is 17.9. The van der Waals surface area contributed by atoms with Crippen LogP contribution in [0.2, 0.25) is 0 Å². The maximum Gasteiger partial charge on any atom is 0.340 e. The summed E-state index contributed by atoms with van der Waals surface area (Å²) in [5.41, 5.74) is -0.839. The van der Waals surface area contributed by atoms with Crippen molar-refractivity contribution in [3.63, 3.8) is 0 Å². The van der Waals surface area contributed by atoms with Crippen molar-refractivity contribution in [2.45, 2.75) is 5.33 Å². The molecule has 2 aromatic rings. The number of rotatable bonds is 4. The van der Waals surface area contributed by atoms with Crippen molar-refractivity contribution in [2.24, 2.45) is 0 Å². The van der Waals surface area contributed by atoms with Crippen LogP contribution in [0.5, 0.6) is 0 Å². The average molecular weight is 392 g/mol. The van der Waals surface area contributed by atoms with Crippen LogP contribution in [0.25, 0.3) is 11.1 Å². The standard InChI is InChI=1S/C15H10BrN3O5/c1-24-15(21)13-11(6-16)18-14(20)10(7-17)12(13)8-3-2-4-9(5-8)19(22)23/h2-5H,6H2,1H3,(H,18,20). The van der Waals surface area contributed by atoms with Crippen molar-refractivity contribution in [2.75, 3.05) is 7.11 Å². The quantitative estimate of drug-likeness (QED) is 0.369. The average Bonchev–Trinajstić information content (AvgIpc) is 2.59. The predicted octanol–water partition coefficient (Wildman–Crippen LogP) is 2.50. The lowest BCUT2D eigenvalue weighted by atomic mass is 9.94. The molecule has 0 fully saturated rings. The number of methoxy groups -OCH3 is 1. The number of esters is 1. The van der Waals surface area contributed by atoms with E-state index in [1.807, 2.05) is 0 Å². The van der Waals surface area contributed by atoms with Gasteiger partial charge in [-0.3, -0.25) is 14.9 Å². The third kappa shape index (κ3) is 3.04. The van der Waals surface area contributed by atoms with Gasteiger partial charge in [-0.1, -0.05) is 28.1 Å². The number of hydrogen-bond donors (Lipinski definition) is 1. The number of nitro benzene ring substituents is 1. The number of hydrogen-bond acceptors (Lipinski definition) is 6. The molecule has 1 aromatic carbocycles. The fraction of sp³-hybridized carbons (Fsp3) is 0.133. The number of H-pyrrole nitrogens is 1. The highest BCUT2D eigenvalue weighted by Gasteiger charge is 2.25. The van der Waals surface area contributed by atoms with Gasteiger partial charge in [-0.05, 0) is 5.56 Å². The largest absolute Gasteiger partial charge is 0.465 e. The summed E-state index contributed by atoms with van der Waals surface area (Å²) < 4.78 is 4.73. The Hall–Kier alpha value is -2.99. The van der Waals surface area contributed by atoms with Crippen LogP contribution in [0.1, 0.15) is 21.6 Å². The number of aromatic nitrogens is 1. The minimum Gasteiger partial charge on any atom is -0.465 e. The van der Waals surface area contributed by atoms with Gasteiger partial charge in [-0.25, -0.2) is 4.79 Å². The number of ether oxygens (including phenoxy) is 1. The summed E-state index contributed by atoms with van der Waals surface area (Å²) in [6.45, 7) is 0. The van der Waals surface area contributed by atoms with E-state index in [-0.39, 0.29) is 39.0 Å². The predicted molar refractivity (Wildman–Crippen MR) is 87.8 cm³/mol. The molecule has 0 saturated carbocycles. The Bertz CT molecular complexity index is 930. The highest BCUT2D eigenvalue weighted by Crippen LogP contribution is 2.31. The molecule has 122 valence electrons. The molecule has 1 N–H and O–H groups in total. The summed E-state index contributed by atoms with van der Waals surface area (Å²) in [5.74, 6) is -0.765. The summed E-state index contributed by atoms with van der Waals surface area (Å²) in [4.78, 5) is 37.1. The number of benzene rings is 1. The third-order valence-electron chi connectivity index (χ3n) is 3.27. The molecule has 0 aliphatic carbocycles. The van der Waals surface area contributed by atoms with Crippen LogP contribution in [0.3, 0.4) is 0 Å². The van der Waals surface area contributed by atoms with Crippen molar-refractivity contribution < 1.29 is 14.5 Å². The second-order valence-corrected chi connectivity index (χ2v) is 5.16. The molecule has 0 aliphatic heterocycles. The van der Waals surface area contributed by atoms with Crippen LogP contribution in [0.4, 0.5) is 5.69 Å². The molecular weight excluding hydrogens is 382 g/mol. The molecule has 0 bridgehead atoms. The molecule has 9 heteroatoms. The highest BCUT2D eigenvalue weighted by atomic mass is 79.9. The Balaban J connectivity index is 2.95. The number of nitro groups is 1. The van der Waals surface area contributed by atoms with Crippen molar-refractivity contribution in [3.05, 3.63) is 61.6 Å². The second-order valence-electron chi connectivity index (χ2n) is 4.60. The molecule has 1 aromatic heterocycles. The fourth-order valence-corrected chi connectivity index (χ4v) is 2.67. The van der Waals surface area contributed by atoms with Gasteiger partial charge in [0.25, 0.3) is 11.2 Å². The van der Waals surface area contributed by atoms with Gasteiger partial charge in [-0.2, -0.15) is 5.26 Å². The highest BCUT2D eigenvalue weighted by molar-refractivity contribution is 9.08. The Morgan fingerprint density at radius 3 is 2.75 bits per heavy atom. The monoisotopic (exact) mass is 391 g/mol. The number of halogens is 1. The van der Waals surface area contributed by atoms with Gasteiger partial charge < -0.3 is 9.72 Å². The lowest BCUT2D eigenvalue weighted by molar-refractivity contribution is -0.384. The van der Waals surface area contributed by atoms with Crippen molar-refractivity contribution in [1.29, 1.82) is 5.26 Å². The van der Waals surface area contributed by atoms with Crippen molar-refractivity contribution >= 4 is 27.6 Å². The molecular formula is C15H10BrN3O5. The summed E-state index contributed by atoms with van der Waals surface area (Å²) in [6.07, 6.45) is 0. The Morgan fingerprint density at radius 2 is 2.21 bits per heavy atom. The SMILES string of the molecule is COC(=O)c1c(CBr)[nH]c(=O)c(C#N)c1-c1cccc([N+](=O)[O-])c1. The lowest BCUT2D eigenvalue weighted by Gasteiger charge is -2.13. The molecule has 0 saturated heterocycles. The van der Waals surface area contributed by atoms with E-state index in [0.717, 1.165) is 7.11 Å². The lowest BCUT2D eigenvalue weighted by Crippen LogP contribution is -2.20. The van der Waals surface area contributed by atoms with Gasteiger partial charge in [-0.15, -0.1) is 0 Å². The maximum absolute atomic E-state index is 12.2. The van der Waals surface area contributed by atoms with E-state index in [4.69, 9.17) is 4.74 Å². The first-order valence-corrected chi connectivity index (χ1v) is 7.65. The van der Waals surface area contributed by atoms with E-state index < -0.39 is 16.5 Å². The normalized spacial score (nSPS) is 10.0. The maximum atomic E-state index is 12.2. The molecule has 2 rings (SSSR count). The Labute approximate surface area is 144 Å². The number of nitrogens with one attached hydrogen (secondary N) is 1. The number of nitrogens with zero attached hydrogens (tertiary/aromatic N) is 2. The van der Waals surface area contributed by atoms with Gasteiger partial charge in [0.2, 0.25) is 0 Å². The van der Waals surface area contributed by atoms with Gasteiger partial charge in [0, 0.05) is 28.7 Å². The van der Waals surface area contributed by atoms with Crippen molar-refractivity contribution in [1.82, 2.24) is 4.98 Å². The molecule has 0 radical (unpaired) electrons. The second kappa shape index (κ2) is 7.06. The van der Waals surface area contributed by atoms with E-state index in [1.54, 1.807) is 6.07 Å². The molecule has 0 spiro atoms. The molecule has 24 heavy (non-hydrogen) atoms. The summed E-state index contributed by atoms with van der Waals surface area (Å²) in [6, 6.07) is 7.10. The van der Waals surface area contributed by atoms with Gasteiger partial charge >= 0.3 is 5.97 Å². The van der Waals surface area contributed by atoms with E-state index in [0.29, 0.717) is 0 Å². The van der Waals surface area contributed by atoms with Crippen LogP contribution in [-0.4, -0.2) is 23.0 Å². The number of aromatic amines is 1. The summed E-state index contributed by atoms with van der Waals surface area (Å²) >= 11 is 3.16. The minimum atomic E-state index is -0.765. The zero-order valence-corrected chi connectivity index (χ0v) is 13.9. The summed E-state index contributed by atoms with van der Waals surface area (Å²) in [7, 11) is 1.16. The number of nitriles is 1. The van der Waals surface area contributed by atoms with Gasteiger partial charge in [0.15, 0.2) is 0 Å². The van der Waals surface area contributed by atoms with E-state index in [9.17, 15) is 25.0 Å². The van der Waals surface area contributed by atoms with Gasteiger partial charge in [0.05, 0.1) is 17.6 Å². The smallest absolute Gasteiger partial charge is 0.340 e. The molecule has 0 aliphatic rings. The molecule has 8 nitrogen and oxygen atoms in total. The van der Waals surface area contributed by atoms with E-state index >= 15 is 0 Å². The first kappa shape index (κ1) is 17.4. The first-order valence-electron chi connectivity index (χ1n) is 6.53. The third-order valence-corrected chi connectivity index (χ3v) is 3.83. The van der Waals surface area contributed by atoms with Crippen LogP contribution in [0, 0.1) is 21.4 Å². The number of carbonyl (C=O) groups is 1. The minimum absolute atomic E-state index is 0.00579. The van der Waals surface area contributed by atoms with Crippen molar-refractivity contribution in [3.8, 4) is 17.2 Å². The molecule has 1 heterocycles. The molecule has 0 amide bonds. The molecule has 0 unspecified atom stereocenters. The van der Waals surface area contributed by atoms with Crippen LogP contribution in [-0.2, 0) is 10.1 Å². The van der Waals surface area contributed by atoms with Crippen LogP contribution in [0.15, 0.2) is 29.1 Å². The summed E-state index contributed by atoms with van der Waals surface area (Å²) in [5, 5.41) is 20.4. The fourth-order valence-electron chi connectivity index (χ4n) is 2.25. The topological polar surface area (TPSA) is 126 Å². The zero-order valence-electron chi connectivity index (χ0n) is 12.3. The molecule has 0 atom stereocenters. The Kier molecular flexibility index (Phi) is 5.11. The number of alkyl halides is 1. The van der Waals surface area contributed by atoms with E-state index in [2.05, 4.69) is 20.9 Å². The van der Waals surface area contributed by atoms with Crippen LogP contribution < -0.4 is 5.56 Å². The number of non-ortho nitro benzene ring substituents is 1. The van der Waals surface area contributed by atoms with E-state index in [1.165, 1.54) is 24.3 Å². The number of carbonyl (C=O) groups excluding carboxylic acids is 1. The van der Waals surface area contributed by atoms with Gasteiger partial charge in [0.1, 0.15) is 11.6 Å². The van der Waals surface area contributed by atoms with Crippen LogP contribution >= 0.6 is 15.9 Å².